The normalized spacial score (nSPS) is 24.0. The van der Waals surface area contributed by atoms with E-state index in [9.17, 15) is 24.1 Å². The number of aromatic nitrogens is 2. The fourth-order valence-corrected chi connectivity index (χ4v) is 5.29. The second kappa shape index (κ2) is 11.1. The van der Waals surface area contributed by atoms with Crippen LogP contribution in [-0.2, 0) is 23.4 Å². The predicted molar refractivity (Wildman–Crippen MR) is 125 cm³/mol. The Morgan fingerprint density at radius 3 is 2.60 bits per heavy atom. The zero-order valence-electron chi connectivity index (χ0n) is 19.3. The van der Waals surface area contributed by atoms with E-state index in [1.807, 2.05) is 0 Å². The number of nitrogens with zero attached hydrogens (tertiary/aromatic N) is 1. The highest BCUT2D eigenvalue weighted by molar-refractivity contribution is 7.52. The Labute approximate surface area is 205 Å². The molecule has 0 saturated carbocycles. The largest absolute Gasteiger partial charge is 0.465 e. The number of carbonyl (C=O) groups excluding carboxylic acids is 1. The molecule has 0 unspecified atom stereocenters. The lowest BCUT2D eigenvalue weighted by Crippen LogP contribution is -2.47. The van der Waals surface area contributed by atoms with Crippen LogP contribution < -0.4 is 20.9 Å². The summed E-state index contributed by atoms with van der Waals surface area (Å²) in [6, 6.07) is 9.24. The van der Waals surface area contributed by atoms with E-state index >= 15 is 0 Å². The van der Waals surface area contributed by atoms with Gasteiger partial charge in [-0.25, -0.2) is 9.36 Å². The van der Waals surface area contributed by atoms with Gasteiger partial charge in [-0.2, -0.15) is 5.09 Å². The summed E-state index contributed by atoms with van der Waals surface area (Å²) in [5.74, 6) is -0.486. The quantitative estimate of drug-likeness (QED) is 0.233. The number of halogens is 1. The molecule has 0 radical (unpaired) electrons. The molecule has 35 heavy (non-hydrogen) atoms. The Balaban J connectivity index is 1.79. The molecule has 12 nitrogen and oxygen atoms in total. The number of nitrogens with one attached hydrogen (secondary N) is 2. The van der Waals surface area contributed by atoms with Crippen LogP contribution in [0, 0.1) is 0 Å². The number of H-pyrrole nitrogens is 1. The number of aliphatic hydroxyl groups excluding tert-OH is 1. The van der Waals surface area contributed by atoms with Crippen molar-refractivity contribution >= 4 is 25.3 Å². The monoisotopic (exact) mass is 531 g/mol. The zero-order valence-corrected chi connectivity index (χ0v) is 20.9. The maximum absolute atomic E-state index is 13.7. The van der Waals surface area contributed by atoms with Crippen LogP contribution in [0.4, 0.5) is 0 Å². The molecule has 1 aromatic heterocycles. The van der Waals surface area contributed by atoms with Crippen LogP contribution in [0.25, 0.3) is 0 Å². The molecule has 3 N–H and O–H groups in total. The van der Waals surface area contributed by atoms with Crippen LogP contribution in [-0.4, -0.2) is 57.0 Å². The number of ether oxygens (including phenoxy) is 2. The van der Waals surface area contributed by atoms with E-state index in [-0.39, 0.29) is 12.4 Å². The molecule has 0 spiro atoms. The van der Waals surface area contributed by atoms with Crippen LogP contribution in [0.2, 0.25) is 0 Å². The molecule has 0 bridgehead atoms. The molecule has 14 heteroatoms. The molecular weight excluding hydrogens is 505 g/mol. The highest BCUT2D eigenvalue weighted by atomic mass is 35.5. The molecule has 1 aromatic carbocycles. The molecule has 2 heterocycles. The Kier molecular flexibility index (Phi) is 8.58. The number of aliphatic hydroxyl groups is 1. The number of esters is 1. The van der Waals surface area contributed by atoms with Gasteiger partial charge in [-0.15, -0.1) is 11.6 Å². The standard InChI is InChI=1S/C21H27ClN3O9P/c1-4-31-19(28)21(2,3)24-35(30,34-13-8-6-5-7-9-13)32-12-14-17(27)16(22)18(33-14)25-11-10-15(26)23-20(25)29/h5-11,14,16-18,27H,4,12H2,1-3H3,(H,24,30)(H,23,26,29)/t14-,16+,17-,18-,35+/m1/s1. The number of para-hydroxylation sites is 1. The third-order valence-electron chi connectivity index (χ3n) is 5.00. The first kappa shape index (κ1) is 27.1. The molecule has 3 rings (SSSR count). The van der Waals surface area contributed by atoms with Crippen molar-refractivity contribution in [3.8, 4) is 5.75 Å². The number of alkyl halides is 1. The molecule has 0 aliphatic carbocycles. The molecule has 5 atom stereocenters. The van der Waals surface area contributed by atoms with Crippen molar-refractivity contribution < 1.29 is 33.0 Å². The third kappa shape index (κ3) is 6.60. The second-order valence-corrected chi connectivity index (χ2v) is 10.3. The van der Waals surface area contributed by atoms with Gasteiger partial charge >= 0.3 is 19.4 Å². The summed E-state index contributed by atoms with van der Waals surface area (Å²) in [5.41, 5.74) is -2.85. The highest BCUT2D eigenvalue weighted by Crippen LogP contribution is 2.47. The smallest absolute Gasteiger partial charge is 0.459 e. The maximum atomic E-state index is 13.7. The average Bonchev–Trinajstić information content (AvgIpc) is 3.07. The van der Waals surface area contributed by atoms with Gasteiger partial charge in [0, 0.05) is 12.3 Å². The van der Waals surface area contributed by atoms with Gasteiger partial charge in [0.2, 0.25) is 0 Å². The molecule has 1 aliphatic heterocycles. The number of benzene rings is 1. The fraction of sp³-hybridized carbons (Fsp3) is 0.476. The van der Waals surface area contributed by atoms with Gasteiger partial charge in [0.05, 0.1) is 13.2 Å². The summed E-state index contributed by atoms with van der Waals surface area (Å²) in [6.07, 6.45) is -2.41. The van der Waals surface area contributed by atoms with Crippen molar-refractivity contribution in [3.05, 3.63) is 63.4 Å². The SMILES string of the molecule is CCOC(=O)C(C)(C)N[P@](=O)(OC[C@H]1O[C@@H](n2ccc(=O)[nH]c2=O)[C@@H](Cl)[C@@H]1O)Oc1ccccc1. The van der Waals surface area contributed by atoms with Crippen molar-refractivity contribution in [1.29, 1.82) is 0 Å². The van der Waals surface area contributed by atoms with E-state index < -0.39 is 60.9 Å². The van der Waals surface area contributed by atoms with Gasteiger partial charge in [0.15, 0.2) is 6.23 Å². The van der Waals surface area contributed by atoms with E-state index in [2.05, 4.69) is 10.1 Å². The van der Waals surface area contributed by atoms with Gasteiger partial charge in [-0.1, -0.05) is 18.2 Å². The lowest BCUT2D eigenvalue weighted by molar-refractivity contribution is -0.149. The molecule has 2 aromatic rings. The lowest BCUT2D eigenvalue weighted by atomic mass is 10.1. The summed E-state index contributed by atoms with van der Waals surface area (Å²) in [5, 5.41) is 12.1. The molecule has 192 valence electrons. The van der Waals surface area contributed by atoms with Gasteiger partial charge in [-0.05, 0) is 32.9 Å². The summed E-state index contributed by atoms with van der Waals surface area (Å²) in [6.45, 7) is 4.16. The summed E-state index contributed by atoms with van der Waals surface area (Å²) < 4.78 is 36.5. The first-order valence-electron chi connectivity index (χ1n) is 10.7. The van der Waals surface area contributed by atoms with Crippen LogP contribution >= 0.6 is 19.3 Å². The van der Waals surface area contributed by atoms with E-state index in [0.29, 0.717) is 0 Å². The van der Waals surface area contributed by atoms with E-state index in [1.54, 1.807) is 37.3 Å². The van der Waals surface area contributed by atoms with Crippen molar-refractivity contribution in [1.82, 2.24) is 14.6 Å². The minimum absolute atomic E-state index is 0.110. The van der Waals surface area contributed by atoms with E-state index in [1.165, 1.54) is 20.0 Å². The zero-order chi connectivity index (χ0) is 25.8. The lowest BCUT2D eigenvalue weighted by Gasteiger charge is -2.29. The first-order chi connectivity index (χ1) is 16.5. The van der Waals surface area contributed by atoms with Crippen molar-refractivity contribution in [2.45, 2.75) is 50.1 Å². The average molecular weight is 532 g/mol. The number of rotatable bonds is 10. The third-order valence-corrected chi connectivity index (χ3v) is 7.25. The van der Waals surface area contributed by atoms with Gasteiger partial charge < -0.3 is 19.1 Å². The molecular formula is C21H27ClN3O9P. The minimum Gasteiger partial charge on any atom is -0.465 e. The summed E-state index contributed by atoms with van der Waals surface area (Å²) in [4.78, 5) is 37.9. The molecule has 1 fully saturated rings. The van der Waals surface area contributed by atoms with Gasteiger partial charge in [0.25, 0.3) is 5.56 Å². The Hall–Kier alpha value is -2.47. The van der Waals surface area contributed by atoms with Crippen molar-refractivity contribution in [2.24, 2.45) is 0 Å². The maximum Gasteiger partial charge on any atom is 0.459 e. The second-order valence-electron chi connectivity index (χ2n) is 8.17. The summed E-state index contributed by atoms with van der Waals surface area (Å²) >= 11 is 6.27. The van der Waals surface area contributed by atoms with Crippen LogP contribution in [0.15, 0.2) is 52.2 Å². The molecule has 1 aliphatic rings. The van der Waals surface area contributed by atoms with Gasteiger partial charge in [0.1, 0.15) is 28.9 Å². The highest BCUT2D eigenvalue weighted by Gasteiger charge is 2.46. The number of carbonyl (C=O) groups is 1. The Morgan fingerprint density at radius 1 is 1.29 bits per heavy atom. The Morgan fingerprint density at radius 2 is 1.97 bits per heavy atom. The number of hydrogen-bond acceptors (Lipinski definition) is 9. The first-order valence-corrected chi connectivity index (χ1v) is 12.7. The predicted octanol–water partition coefficient (Wildman–Crippen LogP) is 1.54. The van der Waals surface area contributed by atoms with Crippen LogP contribution in [0.5, 0.6) is 5.75 Å². The Bertz CT molecular complexity index is 1190. The van der Waals surface area contributed by atoms with E-state index in [4.69, 9.17) is 30.1 Å². The van der Waals surface area contributed by atoms with Crippen molar-refractivity contribution in [3.63, 3.8) is 0 Å². The summed E-state index contributed by atoms with van der Waals surface area (Å²) in [7, 11) is -4.25. The minimum atomic E-state index is -4.25. The van der Waals surface area contributed by atoms with Gasteiger partial charge in [-0.3, -0.25) is 23.7 Å². The van der Waals surface area contributed by atoms with Crippen LogP contribution in [0.3, 0.4) is 0 Å². The van der Waals surface area contributed by atoms with E-state index in [0.717, 1.165) is 10.6 Å². The number of aromatic amines is 1. The topological polar surface area (TPSA) is 158 Å². The molecule has 0 amide bonds. The van der Waals surface area contributed by atoms with Crippen LogP contribution in [0.1, 0.15) is 27.0 Å². The van der Waals surface area contributed by atoms with Crippen molar-refractivity contribution in [2.75, 3.05) is 13.2 Å². The number of hydrogen-bond donors (Lipinski definition) is 3. The fourth-order valence-electron chi connectivity index (χ4n) is 3.27. The molecule has 1 saturated heterocycles.